The average molecular weight is 346 g/mol. The molecule has 0 spiro atoms. The van der Waals surface area contributed by atoms with Crippen molar-refractivity contribution in [2.24, 2.45) is 7.05 Å². The van der Waals surface area contributed by atoms with Crippen molar-refractivity contribution >= 4 is 40.7 Å². The molecule has 0 atom stereocenters. The molecular weight excluding hydrogens is 320 g/mol. The minimum Gasteiger partial charge on any atom is -0.232 e. The van der Waals surface area contributed by atoms with Gasteiger partial charge in [0.05, 0.1) is 12.4 Å². The van der Waals surface area contributed by atoms with Crippen LogP contribution in [0.1, 0.15) is 25.0 Å². The summed E-state index contributed by atoms with van der Waals surface area (Å²) < 4.78 is 4.95. The number of aryl methyl sites for hydroxylation is 2. The quantitative estimate of drug-likeness (QED) is 0.257. The third-order valence-electron chi connectivity index (χ3n) is 7.03. The summed E-state index contributed by atoms with van der Waals surface area (Å²) in [4.78, 5) is 0. The molecule has 0 aliphatic carbocycles. The van der Waals surface area contributed by atoms with Gasteiger partial charge < -0.3 is 0 Å². The van der Waals surface area contributed by atoms with E-state index >= 15 is 0 Å². The van der Waals surface area contributed by atoms with Crippen molar-refractivity contribution in [3.63, 3.8) is 0 Å². The van der Waals surface area contributed by atoms with Crippen LogP contribution in [0.25, 0.3) is 27.3 Å². The van der Waals surface area contributed by atoms with Gasteiger partial charge in [-0.15, -0.1) is 0 Å². The Kier molecular flexibility index (Phi) is 2.63. The Morgan fingerprint density at radius 2 is 1.68 bits per heavy atom. The number of hydrogen-bond donors (Lipinski definition) is 0. The number of nitrogens with zero attached hydrogens (tertiary/aromatic N) is 2. The molecule has 126 valence electrons. The van der Waals surface area contributed by atoms with Gasteiger partial charge in [-0.25, -0.2) is 4.57 Å². The van der Waals surface area contributed by atoms with Crippen LogP contribution in [-0.4, -0.2) is 12.5 Å². The summed E-state index contributed by atoms with van der Waals surface area (Å²) in [6, 6.07) is 13.6. The molecule has 25 heavy (non-hydrogen) atoms. The lowest BCUT2D eigenvalue weighted by atomic mass is 9.94. The highest BCUT2D eigenvalue weighted by Crippen LogP contribution is 2.43. The Hall–Kier alpha value is -2.13. The van der Waals surface area contributed by atoms with E-state index in [0.717, 1.165) is 0 Å². The molecule has 3 heteroatoms. The van der Waals surface area contributed by atoms with Gasteiger partial charge >= 0.3 is 0 Å². The van der Waals surface area contributed by atoms with Crippen LogP contribution in [0.15, 0.2) is 42.6 Å². The highest BCUT2D eigenvalue weighted by atomic mass is 28.3. The van der Waals surface area contributed by atoms with Gasteiger partial charge in [0.15, 0.2) is 0 Å². The fourth-order valence-electron chi connectivity index (χ4n) is 4.88. The summed E-state index contributed by atoms with van der Waals surface area (Å²) in [7, 11) is 0.524. The molecule has 0 N–H and O–H groups in total. The summed E-state index contributed by atoms with van der Waals surface area (Å²) in [6.45, 7) is 12.2. The van der Waals surface area contributed by atoms with Gasteiger partial charge in [0.2, 0.25) is 0 Å². The summed E-state index contributed by atoms with van der Waals surface area (Å²) in [5.74, 6) is 0. The zero-order valence-electron chi connectivity index (χ0n) is 15.9. The van der Waals surface area contributed by atoms with E-state index < -0.39 is 8.07 Å². The van der Waals surface area contributed by atoms with Crippen molar-refractivity contribution < 1.29 is 4.57 Å². The molecule has 2 nitrogen and oxygen atoms in total. The van der Waals surface area contributed by atoms with E-state index in [1.807, 2.05) is 0 Å². The predicted molar refractivity (Wildman–Crippen MR) is 108 cm³/mol. The van der Waals surface area contributed by atoms with E-state index in [0.29, 0.717) is 0 Å². The molecule has 2 aromatic heterocycles. The minimum absolute atomic E-state index is 0.207. The van der Waals surface area contributed by atoms with Crippen LogP contribution in [0.3, 0.4) is 0 Å². The van der Waals surface area contributed by atoms with Gasteiger partial charge in [-0.3, -0.25) is 0 Å². The third-order valence-corrected chi connectivity index (χ3v) is 12.1. The smallest absolute Gasteiger partial charge is 0.232 e. The third kappa shape index (κ3) is 1.54. The van der Waals surface area contributed by atoms with E-state index in [2.05, 4.69) is 92.5 Å². The molecular formula is C22H25N2Si+. The summed E-state index contributed by atoms with van der Waals surface area (Å²) >= 11 is 0. The summed E-state index contributed by atoms with van der Waals surface area (Å²) in [5.41, 5.74) is 5.63. The van der Waals surface area contributed by atoms with Crippen molar-refractivity contribution in [1.29, 1.82) is 0 Å². The number of aromatic nitrogens is 2. The number of fused-ring (bicyclic) bond motifs is 3. The van der Waals surface area contributed by atoms with E-state index in [1.165, 1.54) is 38.4 Å². The monoisotopic (exact) mass is 345 g/mol. The minimum atomic E-state index is -1.69. The van der Waals surface area contributed by atoms with Crippen LogP contribution in [0, 0.1) is 6.92 Å². The zero-order valence-corrected chi connectivity index (χ0v) is 16.9. The molecule has 4 aromatic rings. The van der Waals surface area contributed by atoms with Gasteiger partial charge in [-0.1, -0.05) is 63.3 Å². The largest absolute Gasteiger partial charge is 0.294 e. The molecule has 2 aromatic carbocycles. The number of pyridine rings is 1. The van der Waals surface area contributed by atoms with E-state index in [9.17, 15) is 0 Å². The second-order valence-electron chi connectivity index (χ2n) is 8.73. The van der Waals surface area contributed by atoms with Crippen LogP contribution < -0.4 is 9.88 Å². The van der Waals surface area contributed by atoms with E-state index in [-0.39, 0.29) is 5.04 Å². The first-order valence-corrected chi connectivity index (χ1v) is 12.1. The molecule has 0 saturated carbocycles. The highest BCUT2D eigenvalue weighted by Gasteiger charge is 2.52. The van der Waals surface area contributed by atoms with Crippen LogP contribution in [0.4, 0.5) is 0 Å². The normalized spacial score (nSPS) is 17.8. The van der Waals surface area contributed by atoms with Gasteiger partial charge in [0.25, 0.3) is 5.65 Å². The summed E-state index contributed by atoms with van der Waals surface area (Å²) in [5, 5.41) is 5.91. The second kappa shape index (κ2) is 4.33. The van der Waals surface area contributed by atoms with Gasteiger partial charge in [-0.2, -0.15) is 4.40 Å². The highest BCUT2D eigenvalue weighted by molar-refractivity contribution is 6.92. The lowest BCUT2D eigenvalue weighted by Crippen LogP contribution is -2.61. The molecule has 1 aliphatic rings. The van der Waals surface area contributed by atoms with E-state index in [1.54, 1.807) is 5.32 Å². The standard InChI is InChI=1S/C22H25N2Si/c1-14-9-7-10-15-16-11-8-12-17-20(16)24-18(25(5,6)22(17,2)3)13-23(4)21(24)19(14)15/h7-13H,1-6H3/q+1. The number of benzene rings is 2. The lowest BCUT2D eigenvalue weighted by Gasteiger charge is -2.41. The first-order valence-electron chi connectivity index (χ1n) is 9.13. The van der Waals surface area contributed by atoms with Crippen molar-refractivity contribution in [3.8, 4) is 0 Å². The number of hydrogen-bond acceptors (Lipinski definition) is 0. The Labute approximate surface area is 149 Å². The van der Waals surface area contributed by atoms with Crippen molar-refractivity contribution in [3.05, 3.63) is 53.7 Å². The maximum Gasteiger partial charge on any atom is 0.294 e. The molecule has 5 rings (SSSR count). The van der Waals surface area contributed by atoms with E-state index in [4.69, 9.17) is 0 Å². The topological polar surface area (TPSA) is 8.29 Å². The van der Waals surface area contributed by atoms with Gasteiger partial charge in [-0.05, 0) is 17.5 Å². The summed E-state index contributed by atoms with van der Waals surface area (Å²) in [6.07, 6.45) is 2.41. The molecule has 0 bridgehead atoms. The van der Waals surface area contributed by atoms with Crippen LogP contribution in [0.2, 0.25) is 13.1 Å². The SMILES string of the molecule is Cc1cccc2c3cccc4c3n3c(c[n+](C)c3c12)[Si](C)(C)C4(C)C. The fourth-order valence-corrected chi connectivity index (χ4v) is 7.69. The Balaban J connectivity index is 2.25. The molecule has 0 saturated heterocycles. The van der Waals surface area contributed by atoms with Crippen molar-refractivity contribution in [1.82, 2.24) is 4.40 Å². The Bertz CT molecular complexity index is 1210. The Morgan fingerprint density at radius 3 is 2.44 bits per heavy atom. The molecule has 0 radical (unpaired) electrons. The number of imidazole rings is 1. The number of rotatable bonds is 0. The van der Waals surface area contributed by atoms with Crippen molar-refractivity contribution in [2.45, 2.75) is 38.9 Å². The molecule has 0 unspecified atom stereocenters. The average Bonchev–Trinajstić information content (AvgIpc) is 2.92. The molecule has 0 fully saturated rings. The first-order chi connectivity index (χ1) is 11.8. The van der Waals surface area contributed by atoms with Crippen LogP contribution in [0.5, 0.6) is 0 Å². The predicted octanol–water partition coefficient (Wildman–Crippen LogP) is 4.12. The van der Waals surface area contributed by atoms with Crippen LogP contribution in [-0.2, 0) is 12.1 Å². The van der Waals surface area contributed by atoms with Crippen molar-refractivity contribution in [2.75, 3.05) is 0 Å². The maximum atomic E-state index is 2.59. The maximum absolute atomic E-state index is 2.59. The molecule has 3 heterocycles. The van der Waals surface area contributed by atoms with Crippen LogP contribution >= 0.6 is 0 Å². The van der Waals surface area contributed by atoms with Gasteiger partial charge in [0, 0.05) is 16.3 Å². The fraction of sp³-hybridized carbons (Fsp3) is 0.318. The van der Waals surface area contributed by atoms with Gasteiger partial charge in [0.1, 0.15) is 25.1 Å². The molecule has 0 amide bonds. The molecule has 1 aliphatic heterocycles. The first kappa shape index (κ1) is 15.1. The number of para-hydroxylation sites is 1. The zero-order chi connectivity index (χ0) is 17.7. The Morgan fingerprint density at radius 1 is 1.00 bits per heavy atom. The lowest BCUT2D eigenvalue weighted by molar-refractivity contribution is -0.643. The second-order valence-corrected chi connectivity index (χ2v) is 13.7.